The van der Waals surface area contributed by atoms with Crippen LogP contribution in [0.3, 0.4) is 0 Å². The van der Waals surface area contributed by atoms with Gasteiger partial charge < -0.3 is 45.0 Å². The van der Waals surface area contributed by atoms with Crippen molar-refractivity contribution in [1.82, 2.24) is 63.7 Å². The number of benzene rings is 2. The lowest BCUT2D eigenvalue weighted by atomic mass is 9.97. The number of methoxy groups -OCH3 is 1. The maximum absolute atomic E-state index is 14.4. The number of thiophene rings is 1. The second-order valence-electron chi connectivity index (χ2n) is 38.3. The maximum atomic E-state index is 14.4. The summed E-state index contributed by atoms with van der Waals surface area (Å²) in [5.74, 6) is -0.635. The predicted molar refractivity (Wildman–Crippen MR) is 542 cm³/mol. The minimum absolute atomic E-state index is 0.0344. The van der Waals surface area contributed by atoms with Gasteiger partial charge in [-0.25, -0.2) is 71.0 Å². The smallest absolute Gasteiger partial charge is 0.281 e. The van der Waals surface area contributed by atoms with E-state index in [9.17, 15) is 61.6 Å². The number of rotatable bonds is 27. The minimum Gasteiger partial charge on any atom is -0.493 e. The van der Waals surface area contributed by atoms with Crippen LogP contribution in [0.2, 0.25) is 0 Å². The average Bonchev–Trinajstić information content (AvgIpc) is 1.55. The van der Waals surface area contributed by atoms with E-state index in [2.05, 4.69) is 147 Å². The highest BCUT2D eigenvalue weighted by Crippen LogP contribution is 2.44. The average molecular weight is 2030 g/mol. The number of sulfonamides is 4. The van der Waals surface area contributed by atoms with Crippen molar-refractivity contribution in [3.63, 3.8) is 0 Å². The molecular weight excluding hydrogens is 1920 g/mol. The van der Waals surface area contributed by atoms with Gasteiger partial charge in [0, 0.05) is 122 Å². The molecule has 3 unspecified atom stereocenters. The number of likely N-dealkylation sites (N-methyl/N-ethyl adjacent to an activating group) is 1. The molecular formula is C101H114F2N20O14S5. The number of carbonyl (C=O) groups is 4. The Balaban J connectivity index is 0.000000151. The van der Waals surface area contributed by atoms with Crippen molar-refractivity contribution in [3.8, 4) is 28.6 Å². The summed E-state index contributed by atoms with van der Waals surface area (Å²) in [5, 5.41) is 4.32. The van der Waals surface area contributed by atoms with E-state index < -0.39 is 80.9 Å². The third kappa shape index (κ3) is 24.6. The molecule has 5 aliphatic rings. The van der Waals surface area contributed by atoms with Crippen molar-refractivity contribution in [1.29, 1.82) is 0 Å². The van der Waals surface area contributed by atoms with Crippen LogP contribution in [0, 0.1) is 35.3 Å². The van der Waals surface area contributed by atoms with E-state index in [0.717, 1.165) is 80.2 Å². The van der Waals surface area contributed by atoms with E-state index in [1.807, 2.05) is 96.3 Å². The van der Waals surface area contributed by atoms with E-state index in [1.54, 1.807) is 109 Å². The summed E-state index contributed by atoms with van der Waals surface area (Å²) >= 11 is 1.59. The zero-order valence-corrected chi connectivity index (χ0v) is 85.1. The third-order valence-corrected chi connectivity index (χ3v) is 30.8. The molecule has 1 aliphatic carbocycles. The number of nitrogens with zero attached hydrogens (tertiary/aromatic N) is 14. The highest BCUT2D eigenvalue weighted by Gasteiger charge is 2.44. The standard InChI is InChI=1S/C27H28N4O4S.C26H32N6O3S.C25H27F2N5O4S.C23H27N5O3S2/c1-18-16-27(2,3)31(17-18)25-22(9-6-14-28-25)26(32)30-36(33,34)24-11-5-10-23(29-24)35-21-13-12-19-7-4-8-20(19)15-21;1-19-16-26(2,3)32(18-19)24-21(9-7-14-28-24)25(33)30-36(34,35)23-11-5-10-22(29-23)31(4)15-12-20-8-6-13-27-17-20;1-14-12-25(2,3)32(13-14)23-16(24(33)31-37(34,35)20-6-5-9-29-22(20)28)7-8-19(30-23)17-10-15(26)11-18(27)21(17)36-4;1-16-13-23(2,3)28(15-16)21-18(8-5-11-24-21)22(29)27-33(30,31)20-10-4-9-19(26-20)25-14-17-7-6-12-32-17/h4-6,8-15,18H,7,16-17H2,1-3H3,(H,30,32);5-11,13-14,17,19H,12,15-16,18H2,1-4H3,(H,30,33);5-11,14H,12-13H2,1-4H3,(H2,28,29)(H,31,33);4-12,16H,13-15H2,1-3H3,(H,25,26)(H,27,29)/t;;14-;/m..0./s1. The summed E-state index contributed by atoms with van der Waals surface area (Å²) in [5.41, 5.74) is 8.80. The molecule has 4 fully saturated rings. The van der Waals surface area contributed by atoms with Gasteiger partial charge in [-0.1, -0.05) is 76.2 Å². The van der Waals surface area contributed by atoms with Gasteiger partial charge in [0.1, 0.15) is 57.2 Å². The molecule has 2 aromatic carbocycles. The third-order valence-electron chi connectivity index (χ3n) is 24.8. The Bertz CT molecular complexity index is 7220. The number of hydrogen-bond donors (Lipinski definition) is 6. The maximum Gasteiger partial charge on any atom is 0.281 e. The predicted octanol–water partition coefficient (Wildman–Crippen LogP) is 15.5. The fourth-order valence-corrected chi connectivity index (χ4v) is 23.2. The molecule has 14 heterocycles. The molecule has 142 heavy (non-hydrogen) atoms. The number of fused-ring (bicyclic) bond motifs is 1. The van der Waals surface area contributed by atoms with Gasteiger partial charge in [0.05, 0.1) is 41.6 Å². The highest BCUT2D eigenvalue weighted by molar-refractivity contribution is 7.91. The zero-order chi connectivity index (χ0) is 102. The van der Waals surface area contributed by atoms with Gasteiger partial charge in [-0.2, -0.15) is 30.2 Å². The Hall–Kier alpha value is -14.0. The topological polar surface area (TPSA) is 442 Å². The first-order chi connectivity index (χ1) is 67.2. The number of halogens is 2. The van der Waals surface area contributed by atoms with Crippen LogP contribution in [0.5, 0.6) is 17.4 Å². The number of anilines is 7. The van der Waals surface area contributed by atoms with Crippen molar-refractivity contribution in [2.24, 2.45) is 23.7 Å². The van der Waals surface area contributed by atoms with Crippen LogP contribution in [0.15, 0.2) is 238 Å². The second-order valence-corrected chi connectivity index (χ2v) is 45.8. The van der Waals surface area contributed by atoms with Gasteiger partial charge in [0.2, 0.25) is 5.88 Å². The Morgan fingerprint density at radius 1 is 0.507 bits per heavy atom. The quantitative estimate of drug-likeness (QED) is 0.0278. The van der Waals surface area contributed by atoms with E-state index in [0.29, 0.717) is 78.3 Å². The van der Waals surface area contributed by atoms with Gasteiger partial charge >= 0.3 is 0 Å². The molecule has 10 aromatic heterocycles. The lowest BCUT2D eigenvalue weighted by molar-refractivity contribution is 0.0972. The molecule has 0 saturated carbocycles. The number of nitrogen functional groups attached to an aromatic ring is 1. The van der Waals surface area contributed by atoms with Crippen LogP contribution < -0.4 is 63.9 Å². The summed E-state index contributed by atoms with van der Waals surface area (Å²) in [6.07, 6.45) is 19.0. The summed E-state index contributed by atoms with van der Waals surface area (Å²) < 4.78 is 152. The van der Waals surface area contributed by atoms with Crippen LogP contribution in [-0.4, -0.2) is 171 Å². The van der Waals surface area contributed by atoms with E-state index >= 15 is 0 Å². The lowest BCUT2D eigenvalue weighted by Crippen LogP contribution is -2.41. The molecule has 4 aliphatic heterocycles. The fraction of sp³-hybridized carbons (Fsp3) is 0.337. The molecule has 12 aromatic rings. The molecule has 4 saturated heterocycles. The van der Waals surface area contributed by atoms with Gasteiger partial charge in [0.15, 0.2) is 26.6 Å². The molecule has 7 N–H and O–H groups in total. The molecule has 41 heteroatoms. The molecule has 17 rings (SSSR count). The van der Waals surface area contributed by atoms with Crippen molar-refractivity contribution in [2.45, 2.75) is 170 Å². The number of amides is 4. The SMILES string of the molecule is CC1CN(c2ncccc2C(=O)NS(=O)(=O)c2cccc(N(C)CCc3cccnc3)n2)C(C)(C)C1.CC1CN(c2ncccc2C(=O)NS(=O)(=O)c2cccc(NCc3cccs3)n2)C(C)(C)C1.CC1CN(c2ncccc2C(=O)NS(=O)(=O)c2cccc(Oc3ccc4c(c3)C=CC4)n2)C(C)(C)C1.COc1c(F)cc(F)cc1-c1ccc(C(=O)NS(=O)(=O)c2cccnc2N)c(N2C[C@@H](C)CC2(C)C)n1. The number of nitrogens with one attached hydrogen (secondary N) is 5. The Kier molecular flexibility index (Phi) is 31.3. The van der Waals surface area contributed by atoms with E-state index in [-0.39, 0.29) is 99.3 Å². The first-order valence-corrected chi connectivity index (χ1v) is 52.7. The summed E-state index contributed by atoms with van der Waals surface area (Å²) in [4.78, 5) is 102. The molecule has 0 bridgehead atoms. The molecule has 4 amide bonds. The minimum atomic E-state index is -4.35. The number of nitrogens with two attached hydrogens (primary N) is 1. The van der Waals surface area contributed by atoms with Gasteiger partial charge in [-0.05, 0) is 261 Å². The van der Waals surface area contributed by atoms with Crippen LogP contribution in [0.25, 0.3) is 17.3 Å². The first kappa shape index (κ1) is 104. The van der Waals surface area contributed by atoms with Crippen molar-refractivity contribution >= 4 is 122 Å². The summed E-state index contributed by atoms with van der Waals surface area (Å²) in [6, 6.07) is 44.1. The second kappa shape index (κ2) is 42.8. The largest absolute Gasteiger partial charge is 0.493 e. The number of hydrogen-bond acceptors (Lipinski definition) is 31. The fourth-order valence-electron chi connectivity index (χ4n) is 18.7. The Labute approximate surface area is 830 Å². The van der Waals surface area contributed by atoms with Crippen LogP contribution >= 0.6 is 11.3 Å². The molecule has 4 atom stereocenters. The summed E-state index contributed by atoms with van der Waals surface area (Å²) in [6.45, 7) is 28.9. The van der Waals surface area contributed by atoms with E-state index in [4.69, 9.17) is 15.2 Å². The Morgan fingerprint density at radius 2 is 0.986 bits per heavy atom. The van der Waals surface area contributed by atoms with Gasteiger partial charge in [-0.15, -0.1) is 11.3 Å². The number of aromatic nitrogens is 9. The molecule has 0 spiro atoms. The zero-order valence-electron chi connectivity index (χ0n) is 81.0. The lowest BCUT2D eigenvalue weighted by Gasteiger charge is -2.34. The first-order valence-electron chi connectivity index (χ1n) is 45.9. The van der Waals surface area contributed by atoms with Crippen molar-refractivity contribution in [2.75, 3.05) is 82.4 Å². The van der Waals surface area contributed by atoms with Crippen LogP contribution in [0.1, 0.15) is 172 Å². The number of carbonyl (C=O) groups excluding carboxylic acids is 4. The molecule has 746 valence electrons. The van der Waals surface area contributed by atoms with Crippen molar-refractivity contribution in [3.05, 3.63) is 274 Å². The normalized spacial score (nSPS) is 17.5. The van der Waals surface area contributed by atoms with Gasteiger partial charge in [0.25, 0.3) is 63.7 Å². The van der Waals surface area contributed by atoms with Crippen LogP contribution in [-0.2, 0) is 59.5 Å². The summed E-state index contributed by atoms with van der Waals surface area (Å²) in [7, 11) is -13.9. The van der Waals surface area contributed by atoms with Gasteiger partial charge in [-0.3, -0.25) is 24.2 Å². The molecule has 34 nitrogen and oxygen atoms in total. The van der Waals surface area contributed by atoms with Crippen molar-refractivity contribution < 1.29 is 71.1 Å². The number of allylic oxidation sites excluding steroid dienone is 1. The van der Waals surface area contributed by atoms with E-state index in [1.165, 1.54) is 67.4 Å². The highest BCUT2D eigenvalue weighted by atomic mass is 32.2. The number of ether oxygens (including phenoxy) is 2. The monoisotopic (exact) mass is 2030 g/mol. The number of pyridine rings is 9. The molecule has 0 radical (unpaired) electrons. The van der Waals surface area contributed by atoms with Crippen LogP contribution in [0.4, 0.5) is 49.5 Å². The Morgan fingerprint density at radius 3 is 1.48 bits per heavy atom.